The minimum Gasteiger partial charge on any atom is -0.383 e. The number of amides is 1. The van der Waals surface area contributed by atoms with Crippen molar-refractivity contribution in [2.75, 3.05) is 23.5 Å². The smallest absolute Gasteiger partial charge is 0.330 e. The van der Waals surface area contributed by atoms with Gasteiger partial charge in [0.2, 0.25) is 5.91 Å². The fourth-order valence-corrected chi connectivity index (χ4v) is 6.06. The molecule has 0 spiro atoms. The minimum absolute atomic E-state index is 0.169. The van der Waals surface area contributed by atoms with Gasteiger partial charge in [-0.15, -0.1) is 0 Å². The number of rotatable bonds is 7. The van der Waals surface area contributed by atoms with Crippen molar-refractivity contribution in [2.45, 2.75) is 43.9 Å². The molecule has 3 aromatic heterocycles. The molecule has 2 fully saturated rings. The summed E-state index contributed by atoms with van der Waals surface area (Å²) in [6, 6.07) is 4.01. The zero-order valence-electron chi connectivity index (χ0n) is 22.3. The minimum atomic E-state index is -3.16. The predicted octanol–water partition coefficient (Wildman–Crippen LogP) is 4.48. The zero-order valence-corrected chi connectivity index (χ0v) is 23.1. The second kappa shape index (κ2) is 10.8. The number of benzene rings is 1. The number of anilines is 2. The van der Waals surface area contributed by atoms with Crippen molar-refractivity contribution in [3.05, 3.63) is 42.6 Å². The molecule has 0 bridgehead atoms. The first kappa shape index (κ1) is 27.2. The summed E-state index contributed by atoms with van der Waals surface area (Å²) in [6.07, 6.45) is 10.2. The molecule has 1 aliphatic carbocycles. The lowest BCUT2D eigenvalue weighted by molar-refractivity contribution is -0.139. The third kappa shape index (κ3) is 5.04. The van der Waals surface area contributed by atoms with Crippen LogP contribution in [0.2, 0.25) is 0 Å². The van der Waals surface area contributed by atoms with E-state index in [0.29, 0.717) is 22.2 Å². The normalized spacial score (nSPS) is 17.2. The Balaban J connectivity index is 1.27. The van der Waals surface area contributed by atoms with Crippen LogP contribution < -0.4 is 10.5 Å². The van der Waals surface area contributed by atoms with Gasteiger partial charge in [0.15, 0.2) is 11.0 Å². The van der Waals surface area contributed by atoms with E-state index in [-0.39, 0.29) is 29.4 Å². The number of fused-ring (bicyclic) bond motifs is 1. The molecule has 0 radical (unpaired) electrons. The predicted molar refractivity (Wildman–Crippen MR) is 149 cm³/mol. The van der Waals surface area contributed by atoms with Gasteiger partial charge >= 0.3 is 5.76 Å². The summed E-state index contributed by atoms with van der Waals surface area (Å²) in [6.45, 7) is 1.44. The number of likely N-dealkylation sites (tertiary alicyclic amines) is 1. The number of nitrogens with two attached hydrogens (primary N) is 1. The lowest BCUT2D eigenvalue weighted by Gasteiger charge is -2.36. The maximum atomic E-state index is 14.8. The van der Waals surface area contributed by atoms with Gasteiger partial charge in [-0.2, -0.15) is 19.0 Å². The average Bonchev–Trinajstić information content (AvgIpc) is 3.55. The van der Waals surface area contributed by atoms with Crippen LogP contribution in [0, 0.1) is 11.7 Å². The van der Waals surface area contributed by atoms with E-state index in [2.05, 4.69) is 15.2 Å². The Morgan fingerprint density at radius 1 is 1.15 bits per heavy atom. The molecular formula is C27H29F3N8O2S. The maximum Gasteiger partial charge on any atom is 0.330 e. The Morgan fingerprint density at radius 2 is 1.90 bits per heavy atom. The number of aryl methyl sites for hydroxylation is 1. The second-order valence-corrected chi connectivity index (χ2v) is 11.7. The molecule has 10 nitrogen and oxygen atoms in total. The Labute approximate surface area is 236 Å². The number of alkyl halides is 2. The van der Waals surface area contributed by atoms with Gasteiger partial charge in [-0.25, -0.2) is 13.6 Å². The highest BCUT2D eigenvalue weighted by Gasteiger charge is 2.32. The standard InChI is InChI=1S/C27H29F3N8O2S/c1-36-24-19(17-12-33-38(14-17)18-7-9-37(10-8-18)26(39)15-3-2-4-15)13-32-25(31)22(24)23(34-36)16-5-6-21(20(28)11-16)35-41(40)27(29)30/h5-6,11-15,18,27,35H,2-4,7-10H2,1H3,(H2,31,32). The van der Waals surface area contributed by atoms with Crippen molar-refractivity contribution in [1.29, 1.82) is 0 Å². The van der Waals surface area contributed by atoms with Crippen molar-refractivity contribution in [3.8, 4) is 22.4 Å². The highest BCUT2D eigenvalue weighted by Crippen LogP contribution is 2.38. The van der Waals surface area contributed by atoms with Gasteiger partial charge in [-0.1, -0.05) is 12.5 Å². The monoisotopic (exact) mass is 586 g/mol. The number of hydrogen-bond donors (Lipinski definition) is 2. The van der Waals surface area contributed by atoms with E-state index >= 15 is 0 Å². The van der Waals surface area contributed by atoms with Crippen LogP contribution in [0.1, 0.15) is 38.1 Å². The summed E-state index contributed by atoms with van der Waals surface area (Å²) in [5, 5.41) is 9.71. The van der Waals surface area contributed by atoms with Crippen LogP contribution in [0.25, 0.3) is 33.3 Å². The number of aromatic nitrogens is 5. The molecule has 6 rings (SSSR count). The second-order valence-electron chi connectivity index (χ2n) is 10.5. The Hall–Kier alpha value is -3.94. The van der Waals surface area contributed by atoms with E-state index in [1.807, 2.05) is 20.5 Å². The molecule has 4 aromatic rings. The van der Waals surface area contributed by atoms with Crippen molar-refractivity contribution in [1.82, 2.24) is 29.4 Å². The number of nitrogens with zero attached hydrogens (tertiary/aromatic N) is 6. The first-order valence-corrected chi connectivity index (χ1v) is 14.6. The van der Waals surface area contributed by atoms with Gasteiger partial charge in [-0.3, -0.25) is 18.9 Å². The van der Waals surface area contributed by atoms with Crippen LogP contribution in [0.3, 0.4) is 0 Å². The Bertz CT molecular complexity index is 1640. The molecule has 4 heterocycles. The summed E-state index contributed by atoms with van der Waals surface area (Å²) in [5.74, 6) is -3.33. The lowest BCUT2D eigenvalue weighted by atomic mass is 9.84. The van der Waals surface area contributed by atoms with Crippen molar-refractivity contribution < 1.29 is 22.2 Å². The topological polar surface area (TPSA) is 124 Å². The lowest BCUT2D eigenvalue weighted by Crippen LogP contribution is -2.43. The van der Waals surface area contributed by atoms with Crippen LogP contribution in [0.4, 0.5) is 24.7 Å². The molecule has 1 saturated heterocycles. The molecule has 1 amide bonds. The number of carbonyl (C=O) groups is 1. The van der Waals surface area contributed by atoms with Gasteiger partial charge in [0.25, 0.3) is 0 Å². The molecule has 1 atom stereocenters. The molecule has 1 unspecified atom stereocenters. The summed E-state index contributed by atoms with van der Waals surface area (Å²) in [4.78, 5) is 19.0. The van der Waals surface area contributed by atoms with E-state index in [1.54, 1.807) is 24.1 Å². The molecule has 3 N–H and O–H groups in total. The third-order valence-corrected chi connectivity index (χ3v) is 8.77. The van der Waals surface area contributed by atoms with Crippen molar-refractivity contribution >= 4 is 39.3 Å². The summed E-state index contributed by atoms with van der Waals surface area (Å²) in [5.41, 5.74) is 8.90. The van der Waals surface area contributed by atoms with E-state index in [9.17, 15) is 22.2 Å². The molecule has 1 aliphatic heterocycles. The van der Waals surface area contributed by atoms with Crippen LogP contribution in [0.5, 0.6) is 0 Å². The summed E-state index contributed by atoms with van der Waals surface area (Å²) < 4.78 is 57.0. The van der Waals surface area contributed by atoms with E-state index < -0.39 is 22.6 Å². The molecule has 41 heavy (non-hydrogen) atoms. The Morgan fingerprint density at radius 3 is 2.56 bits per heavy atom. The molecule has 216 valence electrons. The van der Waals surface area contributed by atoms with Gasteiger partial charge in [-0.05, 0) is 37.8 Å². The zero-order chi connectivity index (χ0) is 28.8. The van der Waals surface area contributed by atoms with Gasteiger partial charge in [0.05, 0.1) is 28.8 Å². The first-order valence-electron chi connectivity index (χ1n) is 13.4. The van der Waals surface area contributed by atoms with Crippen LogP contribution >= 0.6 is 0 Å². The number of piperidine rings is 1. The van der Waals surface area contributed by atoms with Gasteiger partial charge < -0.3 is 10.6 Å². The number of pyridine rings is 1. The molecule has 1 saturated carbocycles. The van der Waals surface area contributed by atoms with Gasteiger partial charge in [0, 0.05) is 55.1 Å². The molecular weight excluding hydrogens is 557 g/mol. The van der Waals surface area contributed by atoms with Crippen LogP contribution in [0.15, 0.2) is 36.8 Å². The fourth-order valence-electron chi connectivity index (χ4n) is 5.59. The largest absolute Gasteiger partial charge is 0.383 e. The molecule has 14 heteroatoms. The number of nitrogens with one attached hydrogen (secondary N) is 1. The number of hydrogen-bond acceptors (Lipinski definition) is 6. The first-order chi connectivity index (χ1) is 19.7. The quantitative estimate of drug-likeness (QED) is 0.329. The number of nitrogen functional groups attached to an aromatic ring is 1. The third-order valence-electron chi connectivity index (χ3n) is 8.02. The number of halogens is 3. The number of carbonyl (C=O) groups excluding carboxylic acids is 1. The van der Waals surface area contributed by atoms with Crippen molar-refractivity contribution in [3.63, 3.8) is 0 Å². The maximum absolute atomic E-state index is 14.8. The highest BCUT2D eigenvalue weighted by molar-refractivity contribution is 7.86. The Kier molecular flexibility index (Phi) is 7.18. The van der Waals surface area contributed by atoms with E-state index in [1.165, 1.54) is 12.1 Å². The van der Waals surface area contributed by atoms with Crippen molar-refractivity contribution in [2.24, 2.45) is 13.0 Å². The van der Waals surface area contributed by atoms with Crippen LogP contribution in [-0.4, -0.2) is 58.4 Å². The molecule has 1 aromatic carbocycles. The van der Waals surface area contributed by atoms with Gasteiger partial charge in [0.1, 0.15) is 17.3 Å². The molecule has 2 aliphatic rings. The SMILES string of the molecule is Cn1nc(-c2ccc(NS(=O)C(F)F)c(F)c2)c2c(N)ncc(-c3cnn(C4CCN(C(=O)C5CCC5)CC4)c3)c21. The van der Waals surface area contributed by atoms with Crippen LogP contribution in [-0.2, 0) is 22.8 Å². The van der Waals surface area contributed by atoms with E-state index in [4.69, 9.17) is 5.73 Å². The highest BCUT2D eigenvalue weighted by atomic mass is 32.2. The summed E-state index contributed by atoms with van der Waals surface area (Å²) >= 11 is 0. The fraction of sp³-hybridized carbons (Fsp3) is 0.407. The average molecular weight is 587 g/mol. The summed E-state index contributed by atoms with van der Waals surface area (Å²) in [7, 11) is -0.991. The van der Waals surface area contributed by atoms with E-state index in [0.717, 1.165) is 62.4 Å².